The number of aromatic amines is 1. The van der Waals surface area contributed by atoms with E-state index in [4.69, 9.17) is 4.74 Å². The third kappa shape index (κ3) is 4.08. The van der Waals surface area contributed by atoms with E-state index >= 15 is 0 Å². The first-order valence-electron chi connectivity index (χ1n) is 11.3. The van der Waals surface area contributed by atoms with Crippen LogP contribution in [-0.4, -0.2) is 80.4 Å². The van der Waals surface area contributed by atoms with Crippen LogP contribution in [0.5, 0.6) is 5.75 Å². The zero-order valence-corrected chi connectivity index (χ0v) is 19.5. The molecular weight excluding hydrogens is 467 g/mol. The molecule has 1 fully saturated rings. The maximum absolute atomic E-state index is 13.3. The number of ether oxygens (including phenoxy) is 1. The zero-order valence-electron chi connectivity index (χ0n) is 19.5. The van der Waals surface area contributed by atoms with Crippen molar-refractivity contribution in [2.75, 3.05) is 33.3 Å². The van der Waals surface area contributed by atoms with Gasteiger partial charge in [0.25, 0.3) is 17.6 Å². The Bertz CT molecular complexity index is 1440. The fourth-order valence-corrected chi connectivity index (χ4v) is 4.30. The highest BCUT2D eigenvalue weighted by molar-refractivity contribution is 6.45. The Morgan fingerprint density at radius 2 is 1.78 bits per heavy atom. The molecule has 0 aliphatic carbocycles. The van der Waals surface area contributed by atoms with Crippen molar-refractivity contribution in [2.24, 2.45) is 0 Å². The molecule has 1 aliphatic rings. The Morgan fingerprint density at radius 1 is 1.06 bits per heavy atom. The van der Waals surface area contributed by atoms with Gasteiger partial charge in [0.2, 0.25) is 0 Å². The van der Waals surface area contributed by atoms with Gasteiger partial charge in [0.15, 0.2) is 5.82 Å². The predicted octanol–water partition coefficient (Wildman–Crippen LogP) is 2.39. The summed E-state index contributed by atoms with van der Waals surface area (Å²) in [5.41, 5.74) is 1.39. The number of rotatable bonds is 6. The topological polar surface area (TPSA) is 113 Å². The van der Waals surface area contributed by atoms with Crippen molar-refractivity contribution in [1.82, 2.24) is 29.5 Å². The van der Waals surface area contributed by atoms with Crippen molar-refractivity contribution >= 4 is 28.5 Å². The van der Waals surface area contributed by atoms with Crippen molar-refractivity contribution in [3.63, 3.8) is 0 Å². The van der Waals surface area contributed by atoms with Crippen LogP contribution in [0.15, 0.2) is 55.0 Å². The van der Waals surface area contributed by atoms with Gasteiger partial charge in [0.05, 0.1) is 35.5 Å². The lowest BCUT2D eigenvalue weighted by Gasteiger charge is -2.34. The normalized spacial score (nSPS) is 13.7. The molecule has 11 heteroatoms. The van der Waals surface area contributed by atoms with E-state index in [1.807, 2.05) is 6.07 Å². The number of halogens is 1. The van der Waals surface area contributed by atoms with Crippen LogP contribution in [0.25, 0.3) is 16.7 Å². The molecule has 0 atom stereocenters. The fraction of sp³-hybridized carbons (Fsp3) is 0.240. The van der Waals surface area contributed by atoms with Crippen LogP contribution in [-0.2, 0) is 11.5 Å². The van der Waals surface area contributed by atoms with E-state index in [2.05, 4.69) is 15.1 Å². The number of nitrogens with one attached hydrogen (secondary N) is 1. The lowest BCUT2D eigenvalue weighted by molar-refractivity contribution is -0.127. The average molecular weight is 490 g/mol. The molecule has 0 spiro atoms. The number of H-pyrrole nitrogens is 1. The van der Waals surface area contributed by atoms with E-state index in [9.17, 15) is 18.8 Å². The number of piperazine rings is 1. The smallest absolute Gasteiger partial charge is 0.295 e. The first-order chi connectivity index (χ1) is 17.5. The molecular formula is C25H23FN6O4. The third-order valence-corrected chi connectivity index (χ3v) is 6.19. The van der Waals surface area contributed by atoms with Crippen molar-refractivity contribution in [3.8, 4) is 11.6 Å². The van der Waals surface area contributed by atoms with E-state index in [1.165, 1.54) is 35.2 Å². The minimum Gasteiger partial charge on any atom is -0.494 e. The molecule has 1 N–H and O–H groups in total. The molecule has 184 valence electrons. The Kier molecular flexibility index (Phi) is 6.19. The van der Waals surface area contributed by atoms with Crippen LogP contribution in [0.3, 0.4) is 0 Å². The van der Waals surface area contributed by atoms with Crippen LogP contribution in [0.2, 0.25) is 0 Å². The molecule has 0 saturated carbocycles. The summed E-state index contributed by atoms with van der Waals surface area (Å²) < 4.78 is 19.8. The third-order valence-electron chi connectivity index (χ3n) is 6.19. The van der Waals surface area contributed by atoms with Gasteiger partial charge in [-0.3, -0.25) is 14.4 Å². The van der Waals surface area contributed by atoms with E-state index in [0.717, 1.165) is 0 Å². The largest absolute Gasteiger partial charge is 0.494 e. The van der Waals surface area contributed by atoms with Crippen molar-refractivity contribution in [2.45, 2.75) is 6.67 Å². The molecule has 10 nitrogen and oxygen atoms in total. The highest BCUT2D eigenvalue weighted by atomic mass is 19.1. The van der Waals surface area contributed by atoms with E-state index in [1.54, 1.807) is 35.4 Å². The van der Waals surface area contributed by atoms with E-state index < -0.39 is 18.4 Å². The number of benzene rings is 1. The van der Waals surface area contributed by atoms with Crippen LogP contribution in [0.4, 0.5) is 4.39 Å². The van der Waals surface area contributed by atoms with Gasteiger partial charge >= 0.3 is 0 Å². The van der Waals surface area contributed by atoms with Gasteiger partial charge in [0.1, 0.15) is 12.4 Å². The maximum Gasteiger partial charge on any atom is 0.295 e. The van der Waals surface area contributed by atoms with Gasteiger partial charge < -0.3 is 19.5 Å². The maximum atomic E-state index is 13.3. The average Bonchev–Trinajstić information content (AvgIpc) is 3.60. The monoisotopic (exact) mass is 490 g/mol. The molecule has 4 heterocycles. The summed E-state index contributed by atoms with van der Waals surface area (Å²) in [5, 5.41) is 4.52. The van der Waals surface area contributed by atoms with Gasteiger partial charge in [-0.25, -0.2) is 14.1 Å². The molecule has 4 aromatic rings. The number of carbonyl (C=O) groups is 3. The van der Waals surface area contributed by atoms with Crippen molar-refractivity contribution < 1.29 is 23.5 Å². The molecule has 1 aliphatic heterocycles. The summed E-state index contributed by atoms with van der Waals surface area (Å²) in [6.45, 7) is 0.422. The second-order valence-electron chi connectivity index (χ2n) is 8.27. The molecule has 1 saturated heterocycles. The van der Waals surface area contributed by atoms with Crippen LogP contribution in [0.1, 0.15) is 26.4 Å². The van der Waals surface area contributed by atoms with Crippen LogP contribution >= 0.6 is 0 Å². The lowest BCUT2D eigenvalue weighted by atomic mass is 10.1. The molecule has 0 radical (unpaired) electrons. The standard InChI is InChI=1S/C25H23FN6O4/c1-36-19-15-28-23(32-8-7-17(13-26)29-32)21-20(19)18(14-27-21)22(33)25(35)31-11-9-30(10-12-31)24(34)16-5-3-2-4-6-16/h2-8,14-15,27H,9-13H2,1H3. The van der Waals surface area contributed by atoms with Gasteiger partial charge in [-0.15, -0.1) is 0 Å². The molecule has 5 rings (SSSR count). The van der Waals surface area contributed by atoms with Gasteiger partial charge in [0, 0.05) is 44.1 Å². The molecule has 0 bridgehead atoms. The second-order valence-corrected chi connectivity index (χ2v) is 8.27. The second kappa shape index (κ2) is 9.61. The number of fused-ring (bicyclic) bond motifs is 1. The number of carbonyl (C=O) groups excluding carboxylic acids is 3. The number of methoxy groups -OCH3 is 1. The number of hydrogen-bond acceptors (Lipinski definition) is 6. The van der Waals surface area contributed by atoms with Crippen LogP contribution < -0.4 is 4.74 Å². The van der Waals surface area contributed by atoms with E-state index in [-0.39, 0.29) is 30.3 Å². The first kappa shape index (κ1) is 23.2. The number of hydrogen-bond donors (Lipinski definition) is 1. The number of alkyl halides is 1. The lowest BCUT2D eigenvalue weighted by Crippen LogP contribution is -2.52. The Hall–Kier alpha value is -4.54. The fourth-order valence-electron chi connectivity index (χ4n) is 4.30. The van der Waals surface area contributed by atoms with Gasteiger partial charge in [-0.2, -0.15) is 5.10 Å². The number of aromatic nitrogens is 4. The SMILES string of the molecule is COc1cnc(-n2ccc(CF)n2)c2[nH]cc(C(=O)C(=O)N3CCN(C(=O)c4ccccc4)CC3)c12. The van der Waals surface area contributed by atoms with Crippen LogP contribution in [0, 0.1) is 0 Å². The zero-order chi connectivity index (χ0) is 25.2. The number of Topliss-reactive ketones (excluding diaryl/α,β-unsaturated/α-hetero) is 1. The summed E-state index contributed by atoms with van der Waals surface area (Å²) in [4.78, 5) is 49.5. The van der Waals surface area contributed by atoms with Gasteiger partial charge in [-0.05, 0) is 18.2 Å². The molecule has 1 aromatic carbocycles. The van der Waals surface area contributed by atoms with Crippen molar-refractivity contribution in [3.05, 3.63) is 71.8 Å². The van der Waals surface area contributed by atoms with Gasteiger partial charge in [-0.1, -0.05) is 18.2 Å². The minimum absolute atomic E-state index is 0.107. The predicted molar refractivity (Wildman–Crippen MR) is 128 cm³/mol. The van der Waals surface area contributed by atoms with Crippen molar-refractivity contribution in [1.29, 1.82) is 0 Å². The Balaban J connectivity index is 1.37. The summed E-state index contributed by atoms with van der Waals surface area (Å²) >= 11 is 0. The number of nitrogens with zero attached hydrogens (tertiary/aromatic N) is 5. The minimum atomic E-state index is -0.723. The Labute approximate surface area is 205 Å². The molecule has 2 amide bonds. The first-order valence-corrected chi connectivity index (χ1v) is 11.3. The quantitative estimate of drug-likeness (QED) is 0.328. The summed E-state index contributed by atoms with van der Waals surface area (Å²) in [6, 6.07) is 10.5. The number of ketones is 1. The summed E-state index contributed by atoms with van der Waals surface area (Å²) in [6.07, 6.45) is 4.43. The highest BCUT2D eigenvalue weighted by Crippen LogP contribution is 2.32. The molecule has 0 unspecified atom stereocenters. The molecule has 36 heavy (non-hydrogen) atoms. The summed E-state index contributed by atoms with van der Waals surface area (Å²) in [5.74, 6) is -0.830. The number of pyridine rings is 1. The highest BCUT2D eigenvalue weighted by Gasteiger charge is 2.31. The molecule has 3 aromatic heterocycles. The summed E-state index contributed by atoms with van der Waals surface area (Å²) in [7, 11) is 1.44. The Morgan fingerprint density at radius 3 is 2.44 bits per heavy atom. The van der Waals surface area contributed by atoms with E-state index in [0.29, 0.717) is 41.1 Å². The number of amides is 2.